The van der Waals surface area contributed by atoms with Crippen molar-refractivity contribution in [1.82, 2.24) is 0 Å². The number of hydrogen-bond donors (Lipinski definition) is 0. The highest BCUT2D eigenvalue weighted by molar-refractivity contribution is 6.11. The lowest BCUT2D eigenvalue weighted by Crippen LogP contribution is -2.11. The van der Waals surface area contributed by atoms with E-state index in [1.165, 1.54) is 131 Å². The van der Waals surface area contributed by atoms with E-state index in [1.54, 1.807) is 0 Å². The van der Waals surface area contributed by atoms with Gasteiger partial charge in [-0.05, 0) is 158 Å². The van der Waals surface area contributed by atoms with E-state index in [1.807, 2.05) is 128 Å². The van der Waals surface area contributed by atoms with Crippen molar-refractivity contribution in [2.75, 3.05) is 0 Å². The Bertz CT molecular complexity index is 5020. The fraction of sp³-hybridized carbons (Fsp3) is 0.259. The van der Waals surface area contributed by atoms with Gasteiger partial charge in [-0.1, -0.05) is 500 Å². The van der Waals surface area contributed by atoms with E-state index in [0.717, 1.165) is 0 Å². The normalized spacial score (nSPS) is 10.6. The van der Waals surface area contributed by atoms with Gasteiger partial charge in [-0.15, -0.1) is 0 Å². The smallest absolute Gasteiger partial charge is 0.00680 e. The molecule has 0 amide bonds. The van der Waals surface area contributed by atoms with E-state index < -0.39 is 0 Å². The highest BCUT2D eigenvalue weighted by atomic mass is 14.2. The molecular formula is C108H128. The van der Waals surface area contributed by atoms with Gasteiger partial charge in [0, 0.05) is 0 Å². The van der Waals surface area contributed by atoms with Crippen molar-refractivity contribution in [3.05, 3.63) is 384 Å². The number of rotatable bonds is 0. The molecule has 16 aromatic rings. The molecule has 0 fully saturated rings. The van der Waals surface area contributed by atoms with Gasteiger partial charge < -0.3 is 0 Å². The molecular weight excluding hydrogens is 1300 g/mol. The summed E-state index contributed by atoms with van der Waals surface area (Å²) in [7, 11) is 0. The van der Waals surface area contributed by atoms with Crippen LogP contribution in [0.25, 0.3) is 86.2 Å². The van der Waals surface area contributed by atoms with Crippen molar-refractivity contribution in [1.29, 1.82) is 0 Å². The van der Waals surface area contributed by atoms with Crippen LogP contribution >= 0.6 is 0 Å². The van der Waals surface area contributed by atoms with Gasteiger partial charge in [0.05, 0.1) is 0 Å². The van der Waals surface area contributed by atoms with Crippen LogP contribution in [0.4, 0.5) is 0 Å². The number of benzene rings is 16. The number of hydrogen-bond acceptors (Lipinski definition) is 0. The Morgan fingerprint density at radius 2 is 0.407 bits per heavy atom. The predicted molar refractivity (Wildman–Crippen MR) is 491 cm³/mol. The first kappa shape index (κ1) is 88.2. The molecule has 560 valence electrons. The van der Waals surface area contributed by atoms with Crippen LogP contribution in [0, 0.1) is 27.7 Å². The fourth-order valence-corrected chi connectivity index (χ4v) is 12.5. The summed E-state index contributed by atoms with van der Waals surface area (Å²) in [4.78, 5) is 0. The van der Waals surface area contributed by atoms with Crippen LogP contribution in [-0.2, 0) is 21.7 Å². The standard InChI is InChI=1S/4C18H18.4C7H8.4C2H6/c1-18(2,3)16-10-6-8-14-12-11-13-7-4-5-9-15(13)17(14)16;1-18(2,3)17-10-6-9-15-14-8-5-4-7-13(14)11-12-16(15)17;1-18(2,3)15-10-11-17-14(12-15)9-8-13-6-4-5-7-16(13)17;1-18(2,3)15-11-10-14-9-8-13-6-4-5-7-16(13)17(14)12-15;4*1-7-5-3-2-4-6-7;4*1-2/h4*4-12H,1-3H3;4*2-6H,1H3;4*1-2H3. The third-order valence-electron chi connectivity index (χ3n) is 18.2. The second-order valence-corrected chi connectivity index (χ2v) is 30.4. The molecule has 0 radical (unpaired) electrons. The van der Waals surface area contributed by atoms with E-state index in [9.17, 15) is 0 Å². The van der Waals surface area contributed by atoms with E-state index in [4.69, 9.17) is 0 Å². The zero-order chi connectivity index (χ0) is 79.5. The maximum Gasteiger partial charge on any atom is -0.00680 e. The SMILES string of the molecule is CC.CC.CC.CC.CC(C)(C)c1ccc2c(ccc3ccccc32)c1.CC(C)(C)c1ccc2ccc3ccccc3c2c1.CC(C)(C)c1cccc2c1ccc1ccccc12.CC(C)(C)c1cccc2ccc3ccccc3c12.Cc1ccccc1.Cc1ccccc1.Cc1ccccc1.Cc1ccccc1. The van der Waals surface area contributed by atoms with E-state index in [0.29, 0.717) is 0 Å². The lowest BCUT2D eigenvalue weighted by molar-refractivity contribution is 0.591. The molecule has 0 saturated carbocycles. The van der Waals surface area contributed by atoms with Gasteiger partial charge >= 0.3 is 0 Å². The maximum atomic E-state index is 2.34. The van der Waals surface area contributed by atoms with Gasteiger partial charge in [-0.3, -0.25) is 0 Å². The fourth-order valence-electron chi connectivity index (χ4n) is 12.5. The lowest BCUT2D eigenvalue weighted by atomic mass is 9.82. The summed E-state index contributed by atoms with van der Waals surface area (Å²) < 4.78 is 0. The molecule has 0 heteroatoms. The summed E-state index contributed by atoms with van der Waals surface area (Å²) in [6, 6.07) is 120. The molecule has 0 heterocycles. The second-order valence-electron chi connectivity index (χ2n) is 30.4. The molecule has 0 saturated heterocycles. The molecule has 0 bridgehead atoms. The molecule has 0 unspecified atom stereocenters. The topological polar surface area (TPSA) is 0 Å². The van der Waals surface area contributed by atoms with Crippen molar-refractivity contribution in [2.45, 2.75) is 188 Å². The molecule has 0 N–H and O–H groups in total. The zero-order valence-corrected chi connectivity index (χ0v) is 70.3. The van der Waals surface area contributed by atoms with Crippen LogP contribution in [0.2, 0.25) is 0 Å². The Morgan fingerprint density at radius 3 is 0.796 bits per heavy atom. The minimum absolute atomic E-state index is 0.170. The first-order valence-corrected chi connectivity index (χ1v) is 39.6. The van der Waals surface area contributed by atoms with Crippen molar-refractivity contribution in [3.8, 4) is 0 Å². The highest BCUT2D eigenvalue weighted by Gasteiger charge is 2.20. The minimum atomic E-state index is 0.170. The van der Waals surface area contributed by atoms with Crippen molar-refractivity contribution >= 4 is 86.2 Å². The molecule has 16 rings (SSSR count). The number of fused-ring (bicyclic) bond motifs is 12. The third-order valence-corrected chi connectivity index (χ3v) is 18.2. The third kappa shape index (κ3) is 26.5. The summed E-state index contributed by atoms with van der Waals surface area (Å²) >= 11 is 0. The minimum Gasteiger partial charge on any atom is -0.0683 e. The maximum absolute atomic E-state index is 2.34. The summed E-state index contributed by atoms with van der Waals surface area (Å²) in [5, 5.41) is 21.5. The Morgan fingerprint density at radius 1 is 0.157 bits per heavy atom. The average Bonchev–Trinajstić information content (AvgIpc) is 0.784. The average molecular weight is 1430 g/mol. The highest BCUT2D eigenvalue weighted by Crippen LogP contribution is 2.37. The first-order valence-electron chi connectivity index (χ1n) is 39.6. The van der Waals surface area contributed by atoms with Crippen LogP contribution in [0.5, 0.6) is 0 Å². The summed E-state index contributed by atoms with van der Waals surface area (Å²) in [5.41, 5.74) is 11.7. The molecule has 0 aliphatic heterocycles. The van der Waals surface area contributed by atoms with Crippen molar-refractivity contribution in [2.24, 2.45) is 0 Å². The predicted octanol–water partition coefficient (Wildman–Crippen LogP) is 33.2. The van der Waals surface area contributed by atoms with Gasteiger partial charge in [-0.25, -0.2) is 0 Å². The summed E-state index contributed by atoms with van der Waals surface area (Å²) in [6.07, 6.45) is 0. The number of aryl methyl sites for hydroxylation is 4. The Labute approximate surface area is 654 Å². The Kier molecular flexibility index (Phi) is 36.0. The quantitative estimate of drug-likeness (QED) is 0.133. The van der Waals surface area contributed by atoms with Gasteiger partial charge in [0.25, 0.3) is 0 Å². The molecule has 0 spiro atoms. The molecule has 0 aliphatic rings. The van der Waals surface area contributed by atoms with Crippen molar-refractivity contribution < 1.29 is 0 Å². The van der Waals surface area contributed by atoms with Crippen LogP contribution < -0.4 is 0 Å². The second kappa shape index (κ2) is 44.0. The van der Waals surface area contributed by atoms with Crippen LogP contribution in [-0.4, -0.2) is 0 Å². The largest absolute Gasteiger partial charge is 0.0683 e. The zero-order valence-electron chi connectivity index (χ0n) is 70.3. The van der Waals surface area contributed by atoms with Gasteiger partial charge in [0.1, 0.15) is 0 Å². The van der Waals surface area contributed by atoms with Crippen LogP contribution in [0.3, 0.4) is 0 Å². The molecule has 0 nitrogen and oxygen atoms in total. The van der Waals surface area contributed by atoms with Crippen LogP contribution in [0.1, 0.15) is 183 Å². The Balaban J connectivity index is 0.000000225. The van der Waals surface area contributed by atoms with Crippen LogP contribution in [0.15, 0.2) is 340 Å². The van der Waals surface area contributed by atoms with Gasteiger partial charge in [0.2, 0.25) is 0 Å². The van der Waals surface area contributed by atoms with Gasteiger partial charge in [-0.2, -0.15) is 0 Å². The molecule has 0 aromatic heterocycles. The molecule has 108 heavy (non-hydrogen) atoms. The summed E-state index contributed by atoms with van der Waals surface area (Å²) in [5.74, 6) is 0. The van der Waals surface area contributed by atoms with Gasteiger partial charge in [0.15, 0.2) is 0 Å². The summed E-state index contributed by atoms with van der Waals surface area (Å²) in [6.45, 7) is 51.6. The van der Waals surface area contributed by atoms with E-state index in [-0.39, 0.29) is 21.7 Å². The Hall–Kier alpha value is -10.4. The van der Waals surface area contributed by atoms with E-state index >= 15 is 0 Å². The lowest BCUT2D eigenvalue weighted by Gasteiger charge is -2.22. The first-order chi connectivity index (χ1) is 51.8. The molecule has 0 atom stereocenters. The van der Waals surface area contributed by atoms with E-state index in [2.05, 4.69) is 378 Å². The molecule has 0 aliphatic carbocycles. The molecule has 16 aromatic carbocycles. The van der Waals surface area contributed by atoms with Crippen molar-refractivity contribution in [3.63, 3.8) is 0 Å². The monoisotopic (exact) mass is 1430 g/mol.